The Morgan fingerprint density at radius 1 is 1.07 bits per heavy atom. The molecule has 4 nitrogen and oxygen atoms in total. The van der Waals surface area contributed by atoms with Gasteiger partial charge in [-0.2, -0.15) is 0 Å². The fourth-order valence-corrected chi connectivity index (χ4v) is 4.22. The van der Waals surface area contributed by atoms with E-state index in [1.54, 1.807) is 7.11 Å². The van der Waals surface area contributed by atoms with Crippen LogP contribution in [0.1, 0.15) is 41.5 Å². The molecule has 2 aromatic carbocycles. The van der Waals surface area contributed by atoms with Crippen molar-refractivity contribution in [3.8, 4) is 5.75 Å². The van der Waals surface area contributed by atoms with Crippen LogP contribution in [0.5, 0.6) is 5.75 Å². The first kappa shape index (κ1) is 20.1. The van der Waals surface area contributed by atoms with Crippen LogP contribution in [0.25, 0.3) is 0 Å². The molecule has 0 spiro atoms. The number of carbonyl (C=O) groups excluding carboxylic acids is 1. The quantitative estimate of drug-likeness (QED) is 0.595. The summed E-state index contributed by atoms with van der Waals surface area (Å²) in [4.78, 5) is 18.9. The average Bonchev–Trinajstić information content (AvgIpc) is 2.99. The summed E-state index contributed by atoms with van der Waals surface area (Å²) in [7, 11) is 1.65. The Labute approximate surface area is 170 Å². The first-order valence-electron chi connectivity index (χ1n) is 9.27. The second kappa shape index (κ2) is 8.15. The van der Waals surface area contributed by atoms with E-state index in [0.29, 0.717) is 5.13 Å². The Bertz CT molecular complexity index is 944. The molecule has 0 bridgehead atoms. The normalized spacial score (nSPS) is 12.5. The molecule has 1 unspecified atom stereocenters. The van der Waals surface area contributed by atoms with E-state index in [0.717, 1.165) is 27.4 Å². The third-order valence-corrected chi connectivity index (χ3v) is 6.10. The molecule has 146 valence electrons. The van der Waals surface area contributed by atoms with E-state index in [4.69, 9.17) is 4.74 Å². The van der Waals surface area contributed by atoms with Gasteiger partial charge in [0, 0.05) is 10.8 Å². The molecule has 28 heavy (non-hydrogen) atoms. The van der Waals surface area contributed by atoms with Crippen LogP contribution in [0.2, 0.25) is 0 Å². The number of benzene rings is 2. The molecule has 0 fully saturated rings. The number of hydrogen-bond donors (Lipinski definition) is 1. The molecule has 0 aliphatic heterocycles. The summed E-state index contributed by atoms with van der Waals surface area (Å²) in [5.74, 6) is 0.588. The second-order valence-corrected chi connectivity index (χ2v) is 8.66. The number of anilines is 1. The number of hydrogen-bond acceptors (Lipinski definition) is 4. The summed E-state index contributed by atoms with van der Waals surface area (Å²) in [6.07, 6.45) is 0. The number of amides is 1. The monoisotopic (exact) mass is 394 g/mol. The Balaban J connectivity index is 2.01. The van der Waals surface area contributed by atoms with Crippen LogP contribution in [0.4, 0.5) is 5.13 Å². The number of aryl methyl sites for hydroxylation is 2. The first-order valence-corrected chi connectivity index (χ1v) is 10.1. The van der Waals surface area contributed by atoms with Crippen LogP contribution < -0.4 is 10.1 Å². The molecule has 3 aromatic rings. The number of ether oxygens (including phenoxy) is 1. The van der Waals surface area contributed by atoms with Crippen molar-refractivity contribution in [2.75, 3.05) is 12.4 Å². The summed E-state index contributed by atoms with van der Waals surface area (Å²) in [6, 6.07) is 18.1. The Morgan fingerprint density at radius 3 is 2.36 bits per heavy atom. The van der Waals surface area contributed by atoms with Crippen molar-refractivity contribution in [1.29, 1.82) is 0 Å². The lowest BCUT2D eigenvalue weighted by molar-refractivity contribution is -0.124. The van der Waals surface area contributed by atoms with Crippen molar-refractivity contribution in [3.05, 3.63) is 76.3 Å². The minimum atomic E-state index is -0.707. The highest BCUT2D eigenvalue weighted by atomic mass is 32.1. The topological polar surface area (TPSA) is 51.2 Å². The standard InChI is InChI=1S/C23H26N2O2S/c1-15-16(2)28-22(24-15)25-21(26)23(3,4)20(17-10-7-6-8-11-17)18-12-9-13-19(14-18)27-5/h6-14,20H,1-5H3,(H,24,25,26). The van der Waals surface area contributed by atoms with Gasteiger partial charge in [-0.3, -0.25) is 4.79 Å². The number of methoxy groups -OCH3 is 1. The van der Waals surface area contributed by atoms with Crippen LogP contribution in [0.15, 0.2) is 54.6 Å². The molecule has 0 saturated heterocycles. The molecule has 3 rings (SSSR count). The smallest absolute Gasteiger partial charge is 0.232 e. The molecule has 1 aromatic heterocycles. The average molecular weight is 395 g/mol. The summed E-state index contributed by atoms with van der Waals surface area (Å²) in [5, 5.41) is 3.67. The molecular weight excluding hydrogens is 368 g/mol. The largest absolute Gasteiger partial charge is 0.497 e. The van der Waals surface area contributed by atoms with E-state index in [9.17, 15) is 4.79 Å². The van der Waals surface area contributed by atoms with Crippen LogP contribution in [-0.4, -0.2) is 18.0 Å². The summed E-state index contributed by atoms with van der Waals surface area (Å²) in [5.41, 5.74) is 2.37. The number of rotatable bonds is 6. The van der Waals surface area contributed by atoms with Crippen LogP contribution in [0, 0.1) is 19.3 Å². The Kier molecular flexibility index (Phi) is 5.84. The minimum absolute atomic E-state index is 0.0575. The molecule has 5 heteroatoms. The van der Waals surface area contributed by atoms with Crippen molar-refractivity contribution >= 4 is 22.4 Å². The van der Waals surface area contributed by atoms with Gasteiger partial charge in [0.05, 0.1) is 18.2 Å². The second-order valence-electron chi connectivity index (χ2n) is 7.46. The number of aromatic nitrogens is 1. The van der Waals surface area contributed by atoms with Gasteiger partial charge in [-0.15, -0.1) is 11.3 Å². The highest BCUT2D eigenvalue weighted by Crippen LogP contribution is 2.42. The predicted molar refractivity (Wildman–Crippen MR) is 115 cm³/mol. The maximum atomic E-state index is 13.3. The third-order valence-electron chi connectivity index (χ3n) is 5.12. The summed E-state index contributed by atoms with van der Waals surface area (Å²) >= 11 is 1.51. The highest BCUT2D eigenvalue weighted by molar-refractivity contribution is 7.15. The highest BCUT2D eigenvalue weighted by Gasteiger charge is 2.39. The zero-order chi connectivity index (χ0) is 20.3. The van der Waals surface area contributed by atoms with Crippen molar-refractivity contribution in [2.24, 2.45) is 5.41 Å². The Morgan fingerprint density at radius 2 is 1.75 bits per heavy atom. The third kappa shape index (κ3) is 4.09. The van der Waals surface area contributed by atoms with Gasteiger partial charge in [0.15, 0.2) is 5.13 Å². The van der Waals surface area contributed by atoms with E-state index in [1.165, 1.54) is 11.3 Å². The predicted octanol–water partition coefficient (Wildman–Crippen LogP) is 5.57. The van der Waals surface area contributed by atoms with E-state index in [-0.39, 0.29) is 11.8 Å². The van der Waals surface area contributed by atoms with Crippen molar-refractivity contribution < 1.29 is 9.53 Å². The maximum absolute atomic E-state index is 13.3. The zero-order valence-electron chi connectivity index (χ0n) is 16.9. The maximum Gasteiger partial charge on any atom is 0.232 e. The molecule has 0 aliphatic carbocycles. The van der Waals surface area contributed by atoms with E-state index in [1.807, 2.05) is 70.2 Å². The Hall–Kier alpha value is -2.66. The van der Waals surface area contributed by atoms with E-state index >= 15 is 0 Å². The number of nitrogens with one attached hydrogen (secondary N) is 1. The lowest BCUT2D eigenvalue weighted by atomic mass is 9.70. The van der Waals surface area contributed by atoms with Gasteiger partial charge in [-0.1, -0.05) is 56.3 Å². The molecule has 1 heterocycles. The van der Waals surface area contributed by atoms with E-state index < -0.39 is 5.41 Å². The fourth-order valence-electron chi connectivity index (χ4n) is 3.41. The fraction of sp³-hybridized carbons (Fsp3) is 0.304. The van der Waals surface area contributed by atoms with E-state index in [2.05, 4.69) is 22.4 Å². The number of thiazole rings is 1. The number of nitrogens with zero attached hydrogens (tertiary/aromatic N) is 1. The molecule has 1 amide bonds. The lowest BCUT2D eigenvalue weighted by Gasteiger charge is -2.34. The zero-order valence-corrected chi connectivity index (χ0v) is 17.8. The molecule has 1 atom stereocenters. The van der Waals surface area contributed by atoms with Crippen molar-refractivity contribution in [3.63, 3.8) is 0 Å². The molecule has 0 saturated carbocycles. The van der Waals surface area contributed by atoms with Gasteiger partial charge in [0.2, 0.25) is 5.91 Å². The first-order chi connectivity index (χ1) is 13.3. The van der Waals surface area contributed by atoms with Gasteiger partial charge in [-0.05, 0) is 37.1 Å². The number of carbonyl (C=O) groups is 1. The molecule has 0 radical (unpaired) electrons. The summed E-state index contributed by atoms with van der Waals surface area (Å²) in [6.45, 7) is 7.92. The molecule has 1 N–H and O–H groups in total. The SMILES string of the molecule is COc1cccc(C(c2ccccc2)C(C)(C)C(=O)Nc2nc(C)c(C)s2)c1. The van der Waals surface area contributed by atoms with Gasteiger partial charge >= 0.3 is 0 Å². The lowest BCUT2D eigenvalue weighted by Crippen LogP contribution is -2.37. The van der Waals surface area contributed by atoms with Gasteiger partial charge in [0.25, 0.3) is 0 Å². The van der Waals surface area contributed by atoms with Crippen LogP contribution in [-0.2, 0) is 4.79 Å². The summed E-state index contributed by atoms with van der Waals surface area (Å²) < 4.78 is 5.42. The molecular formula is C23H26N2O2S. The van der Waals surface area contributed by atoms with Crippen LogP contribution in [0.3, 0.4) is 0 Å². The van der Waals surface area contributed by atoms with Crippen molar-refractivity contribution in [1.82, 2.24) is 4.98 Å². The van der Waals surface area contributed by atoms with Gasteiger partial charge in [0.1, 0.15) is 5.75 Å². The molecule has 0 aliphatic rings. The van der Waals surface area contributed by atoms with Crippen molar-refractivity contribution in [2.45, 2.75) is 33.6 Å². The minimum Gasteiger partial charge on any atom is -0.497 e. The van der Waals surface area contributed by atoms with Gasteiger partial charge in [-0.25, -0.2) is 4.98 Å². The van der Waals surface area contributed by atoms with Crippen LogP contribution >= 0.6 is 11.3 Å². The van der Waals surface area contributed by atoms with Gasteiger partial charge < -0.3 is 10.1 Å².